The van der Waals surface area contributed by atoms with E-state index >= 15 is 0 Å². The number of pyridine rings is 4. The van der Waals surface area contributed by atoms with Gasteiger partial charge in [-0.3, -0.25) is 19.9 Å². The number of alkyl carbamates (subject to hydrolysis) is 4. The molecule has 12 aromatic rings. The van der Waals surface area contributed by atoms with E-state index in [1.807, 2.05) is 129 Å². The molecule has 5 N–H and O–H groups in total. The predicted octanol–water partition coefficient (Wildman–Crippen LogP) is 26.6. The van der Waals surface area contributed by atoms with E-state index in [4.69, 9.17) is 18.9 Å². The Morgan fingerprint density at radius 2 is 0.721 bits per heavy atom. The minimum Gasteiger partial charge on any atom is -0.450 e. The Labute approximate surface area is 805 Å². The van der Waals surface area contributed by atoms with Crippen molar-refractivity contribution >= 4 is 82.7 Å². The molecule has 0 unspecified atom stereocenters. The van der Waals surface area contributed by atoms with Crippen LogP contribution in [0.3, 0.4) is 0 Å². The number of carbonyl (C=O) groups excluding carboxylic acids is 4. The van der Waals surface area contributed by atoms with Crippen molar-refractivity contribution in [2.24, 2.45) is 47.3 Å². The van der Waals surface area contributed by atoms with E-state index in [9.17, 15) is 36.7 Å². The van der Waals surface area contributed by atoms with Crippen LogP contribution in [-0.4, -0.2) is 99.9 Å². The van der Waals surface area contributed by atoms with Gasteiger partial charge in [0.25, 0.3) is 0 Å². The molecule has 4 aromatic carbocycles. The summed E-state index contributed by atoms with van der Waals surface area (Å²) in [5.41, 5.74) is 18.9. The summed E-state index contributed by atoms with van der Waals surface area (Å²) in [6.07, 6.45) is 42.1. The summed E-state index contributed by atoms with van der Waals surface area (Å²) in [6.45, 7) is 8.89. The van der Waals surface area contributed by atoms with Crippen LogP contribution in [0.4, 0.5) is 36.7 Å². The quantitative estimate of drug-likeness (QED) is 0.0355. The van der Waals surface area contributed by atoms with Gasteiger partial charge in [-0.25, -0.2) is 36.7 Å². The van der Waals surface area contributed by atoms with Gasteiger partial charge in [-0.15, -0.1) is 22.7 Å². The Morgan fingerprint density at radius 1 is 0.368 bits per heavy atom. The second kappa shape index (κ2) is 45.5. The van der Waals surface area contributed by atoms with Crippen LogP contribution in [0.2, 0.25) is 0 Å². The lowest BCUT2D eigenvalue weighted by Gasteiger charge is -2.43. The number of nitrogens with zero attached hydrogens (tertiary/aromatic N) is 4. The van der Waals surface area contributed by atoms with E-state index < -0.39 is 0 Å². The molecule has 8 aliphatic carbocycles. The second-order valence-electron chi connectivity index (χ2n) is 36.9. The molecule has 8 heterocycles. The minimum absolute atomic E-state index is 0.169. The normalized spacial score (nSPS) is 23.8. The zero-order chi connectivity index (χ0) is 94.0. The molecule has 704 valence electrons. The maximum absolute atomic E-state index is 13.6. The number of fused-ring (bicyclic) bond motifs is 8. The molecule has 16 atom stereocenters. The fourth-order valence-electron chi connectivity index (χ4n) is 22.3. The van der Waals surface area contributed by atoms with Crippen molar-refractivity contribution in [2.75, 3.05) is 26.4 Å². The molecule has 4 saturated carbocycles. The van der Waals surface area contributed by atoms with Crippen LogP contribution in [0, 0.1) is 70.6 Å². The topological polar surface area (TPSA) is 221 Å². The molecule has 8 aromatic heterocycles. The number of carbonyl (C=O) groups is 4. The number of aromatic amines is 1. The van der Waals surface area contributed by atoms with Gasteiger partial charge in [0.1, 0.15) is 23.3 Å². The van der Waals surface area contributed by atoms with Crippen molar-refractivity contribution in [1.82, 2.24) is 46.2 Å². The highest BCUT2D eigenvalue weighted by Crippen LogP contribution is 2.54. The summed E-state index contributed by atoms with van der Waals surface area (Å²) >= 11 is 5.46. The lowest BCUT2D eigenvalue weighted by molar-refractivity contribution is 0.128. The van der Waals surface area contributed by atoms with Crippen molar-refractivity contribution in [3.8, 4) is 44.5 Å². The minimum atomic E-state index is -0.312. The molecule has 20 rings (SSSR count). The van der Waals surface area contributed by atoms with Gasteiger partial charge in [0.2, 0.25) is 0 Å². The Bertz CT molecular complexity index is 5430. The Morgan fingerprint density at radius 3 is 1.11 bits per heavy atom. The number of H-pyrrole nitrogens is 1. The van der Waals surface area contributed by atoms with Crippen LogP contribution in [0.5, 0.6) is 0 Å². The van der Waals surface area contributed by atoms with Gasteiger partial charge in [0, 0.05) is 117 Å². The number of aromatic nitrogens is 5. The molecular formula is C112H117F4N9O8S3. The average molecular weight is 1890 g/mol. The zero-order valence-corrected chi connectivity index (χ0v) is 79.5. The van der Waals surface area contributed by atoms with Gasteiger partial charge in [-0.1, -0.05) is 97.1 Å². The fraction of sp³-hybridized carbons (Fsp3) is 0.357. The van der Waals surface area contributed by atoms with Crippen LogP contribution in [-0.2, 0) is 44.6 Å². The molecule has 4 fully saturated rings. The second-order valence-corrected chi connectivity index (χ2v) is 39.5. The molecule has 24 heteroatoms. The third kappa shape index (κ3) is 24.0. The Kier molecular flexibility index (Phi) is 31.9. The predicted molar refractivity (Wildman–Crippen MR) is 533 cm³/mol. The zero-order valence-electron chi connectivity index (χ0n) is 77.1. The monoisotopic (exact) mass is 1890 g/mol. The molecular weight excluding hydrogens is 1770 g/mol. The summed E-state index contributed by atoms with van der Waals surface area (Å²) < 4.78 is 74.6. The number of hydrogen-bond acceptors (Lipinski definition) is 15. The van der Waals surface area contributed by atoms with E-state index in [-0.39, 0.29) is 77.7 Å². The summed E-state index contributed by atoms with van der Waals surface area (Å²) in [7, 11) is 0. The van der Waals surface area contributed by atoms with E-state index in [0.29, 0.717) is 91.5 Å². The summed E-state index contributed by atoms with van der Waals surface area (Å²) in [6, 6.07) is 49.7. The SMILES string of the molecule is CCOC(=O)N[C@@H]1CC[C@@H]2[C@H](Cc3cc[nH]c3[C@H]2/C=C/c2ccc(-c3cccc(F)c3)cn2)C1.CCOC(=O)N[C@@H]1CC[C@@H]2[C@H](Cc3ccsc3[C@H]2/C=C/c2ccc(-c3cccc(F)c3)cn2)C1.CCOC(=O)N[C@@H]1CC[C@@H]2[C@H](Cc3cscc3[C@H]2/C=C/c2ccc(-c3cccc(F)c3)cn2)C1.CCOC(=O)N[C@@H]1CC[C@@H]2[C@H](Cc3sccc3[C@H]2/C=C/c2ccc(-c3cccc(F)c3)cn2)C1. The highest BCUT2D eigenvalue weighted by Gasteiger charge is 2.45. The smallest absolute Gasteiger partial charge is 0.407 e. The average Bonchev–Trinajstić information content (AvgIpc) is 1.55. The first kappa shape index (κ1) is 95.3. The van der Waals surface area contributed by atoms with E-state index in [2.05, 4.69) is 135 Å². The summed E-state index contributed by atoms with van der Waals surface area (Å²) in [5.74, 6) is 4.74. The molecule has 0 spiro atoms. The fourth-order valence-corrected chi connectivity index (χ4v) is 25.3. The van der Waals surface area contributed by atoms with Gasteiger partial charge in [0.05, 0.1) is 49.2 Å². The standard InChI is InChI=1S/C28H30FN3O2.3C28H29FN2O2S/c1-2-34-28(33)32-24-9-10-25-21(16-24)14-19-12-13-30-27(19)26(25)11-8-23-7-6-20(17-31-23)18-4-3-5-22(29)15-18;1-2-33-28(32)31-24-9-10-25-20(14-24)12-21-16-34-17-27(21)26(25)11-8-23-7-6-19(15-30-23)18-4-3-5-22(29)13-18;1-2-33-28(32)31-24-9-10-25-21(16-24)14-19-12-13-34-27(19)26(25)11-8-23-7-6-20(17-30-23)18-4-3-5-22(29)15-18;1-2-33-28(32)31-23-9-10-24-20(15-23)16-27-26(12-13-34-27)25(24)11-8-22-7-6-19(17-30-22)18-4-3-5-21(29)14-18/h3-8,11-13,15,17,21,24-26,30H,2,9-10,14,16H2,1H3,(H,32,33);3-8,11,13,15-17,20,24-26H,2,9-10,12,14H2,1H3,(H,31,32);3-8,11-13,15,17,21,24-26H,2,9-10,14,16H2,1H3,(H,31,32);3-8,11-14,17,20,23-25H,2,9-10,15-16H2,1H3,(H,31,32)/b4*11-8+/t21-,24-,25-,26+;20-,24-,25-,26+;21-,24-,25-,26+;20-,23+,24+,25-/m1110/s1. The van der Waals surface area contributed by atoms with Crippen LogP contribution in [0.25, 0.3) is 68.8 Å². The van der Waals surface area contributed by atoms with Crippen molar-refractivity contribution < 1.29 is 55.7 Å². The number of nitrogens with one attached hydrogen (secondary N) is 5. The first-order valence-electron chi connectivity index (χ1n) is 48.1. The lowest BCUT2D eigenvalue weighted by atomic mass is 9.63. The molecule has 4 amide bonds. The number of thiophene rings is 3. The van der Waals surface area contributed by atoms with Crippen molar-refractivity contribution in [3.05, 3.63) is 330 Å². The molecule has 0 bridgehead atoms. The van der Waals surface area contributed by atoms with Crippen LogP contribution in [0.15, 0.2) is 241 Å². The van der Waals surface area contributed by atoms with Gasteiger partial charge < -0.3 is 45.2 Å². The summed E-state index contributed by atoms with van der Waals surface area (Å²) in [5, 5.41) is 21.2. The number of benzene rings is 4. The molecule has 0 radical (unpaired) electrons. The van der Waals surface area contributed by atoms with Crippen LogP contribution < -0.4 is 21.3 Å². The van der Waals surface area contributed by atoms with E-state index in [0.717, 1.165) is 170 Å². The number of ether oxygens (including phenoxy) is 4. The van der Waals surface area contributed by atoms with Crippen molar-refractivity contribution in [3.63, 3.8) is 0 Å². The maximum Gasteiger partial charge on any atom is 0.407 e. The summed E-state index contributed by atoms with van der Waals surface area (Å²) in [4.78, 5) is 72.5. The van der Waals surface area contributed by atoms with Crippen molar-refractivity contribution in [2.45, 2.75) is 178 Å². The van der Waals surface area contributed by atoms with Crippen LogP contribution in [0.1, 0.15) is 194 Å². The van der Waals surface area contributed by atoms with Crippen LogP contribution >= 0.6 is 34.0 Å². The van der Waals surface area contributed by atoms with Gasteiger partial charge >= 0.3 is 24.4 Å². The lowest BCUT2D eigenvalue weighted by Crippen LogP contribution is -2.44. The largest absolute Gasteiger partial charge is 0.450 e. The number of halogens is 4. The van der Waals surface area contributed by atoms with Gasteiger partial charge in [0.15, 0.2) is 0 Å². The highest BCUT2D eigenvalue weighted by molar-refractivity contribution is 7.10. The van der Waals surface area contributed by atoms with Crippen molar-refractivity contribution in [1.29, 1.82) is 0 Å². The number of amides is 4. The third-order valence-electron chi connectivity index (χ3n) is 28.5. The van der Waals surface area contributed by atoms with Gasteiger partial charge in [-0.2, -0.15) is 11.3 Å². The maximum atomic E-state index is 13.6. The molecule has 8 aliphatic rings. The third-order valence-corrected chi connectivity index (χ3v) is 31.4. The number of rotatable bonds is 20. The number of allylic oxidation sites excluding steroid dienone is 4. The molecule has 136 heavy (non-hydrogen) atoms. The van der Waals surface area contributed by atoms with E-state index in [1.54, 1.807) is 60.4 Å². The Hall–Kier alpha value is -12.4. The molecule has 0 aliphatic heterocycles. The Balaban J connectivity index is 0.000000126. The first-order valence-corrected chi connectivity index (χ1v) is 50.8. The molecule has 0 saturated heterocycles. The number of hydrogen-bond donors (Lipinski definition) is 5. The first-order chi connectivity index (χ1) is 66.4. The van der Waals surface area contributed by atoms with E-state index in [1.165, 1.54) is 91.8 Å². The highest BCUT2D eigenvalue weighted by atomic mass is 32.1. The van der Waals surface area contributed by atoms with Gasteiger partial charge in [-0.05, 0) is 365 Å². The molecule has 17 nitrogen and oxygen atoms in total.